The summed E-state index contributed by atoms with van der Waals surface area (Å²) in [4.78, 5) is 35.3. The zero-order valence-corrected chi connectivity index (χ0v) is 15.9. The number of alkyl halides is 3. The Morgan fingerprint density at radius 2 is 1.83 bits per heavy atom. The predicted molar refractivity (Wildman–Crippen MR) is 107 cm³/mol. The Balaban J connectivity index is 1.52. The van der Waals surface area contributed by atoms with Gasteiger partial charge < -0.3 is 14.8 Å². The second kappa shape index (κ2) is 7.81. The molecule has 0 radical (unpaired) electrons. The number of anilines is 1. The van der Waals surface area contributed by atoms with E-state index in [0.29, 0.717) is 54.9 Å². The van der Waals surface area contributed by atoms with Gasteiger partial charge in [0.25, 0.3) is 5.91 Å². The molecule has 9 heteroatoms. The first-order valence-electron chi connectivity index (χ1n) is 9.52. The molecule has 1 N–H and O–H groups in total. The molecule has 0 aliphatic carbocycles. The molecular weight excluding hydrogens is 397 g/mol. The fourth-order valence-corrected chi connectivity index (χ4v) is 3.64. The van der Waals surface area contributed by atoms with Crippen molar-refractivity contribution in [3.05, 3.63) is 70.1 Å². The third kappa shape index (κ3) is 4.00. The number of hydrogen-bond acceptors (Lipinski definition) is 4. The number of aromatic amines is 1. The lowest BCUT2D eigenvalue weighted by Crippen LogP contribution is -2.36. The van der Waals surface area contributed by atoms with Crippen LogP contribution in [0.4, 0.5) is 19.0 Å². The van der Waals surface area contributed by atoms with E-state index in [0.717, 1.165) is 12.3 Å². The SMILES string of the molecule is O=C(c1cc(=O)[nH]c2ccccc12)N1CCCN(c2ccc(C(F)(F)F)cn2)CC1. The number of pyridine rings is 2. The lowest BCUT2D eigenvalue weighted by molar-refractivity contribution is -0.137. The summed E-state index contributed by atoms with van der Waals surface area (Å²) in [6.45, 7) is 1.86. The molecular formula is C21H19F3N4O2. The maximum atomic E-state index is 13.1. The first-order valence-corrected chi connectivity index (χ1v) is 9.52. The van der Waals surface area contributed by atoms with E-state index in [1.807, 2.05) is 4.90 Å². The van der Waals surface area contributed by atoms with Gasteiger partial charge in [-0.1, -0.05) is 18.2 Å². The number of H-pyrrole nitrogens is 1. The maximum absolute atomic E-state index is 13.1. The third-order valence-electron chi connectivity index (χ3n) is 5.16. The minimum absolute atomic E-state index is 0.237. The molecule has 3 heterocycles. The predicted octanol–water partition coefficient (Wildman–Crippen LogP) is 3.29. The van der Waals surface area contributed by atoms with Crippen molar-refractivity contribution >= 4 is 22.6 Å². The van der Waals surface area contributed by atoms with Gasteiger partial charge in [-0.3, -0.25) is 9.59 Å². The lowest BCUT2D eigenvalue weighted by atomic mass is 10.1. The van der Waals surface area contributed by atoms with Crippen LogP contribution in [-0.4, -0.2) is 47.0 Å². The minimum atomic E-state index is -4.43. The van der Waals surface area contributed by atoms with E-state index in [9.17, 15) is 22.8 Å². The highest BCUT2D eigenvalue weighted by molar-refractivity contribution is 6.05. The summed E-state index contributed by atoms with van der Waals surface area (Å²) in [7, 11) is 0. The van der Waals surface area contributed by atoms with Crippen LogP contribution in [0.5, 0.6) is 0 Å². The standard InChI is InChI=1S/C21H19F3N4O2/c22-21(23,24)14-6-7-18(25-13-14)27-8-3-9-28(11-10-27)20(30)16-12-19(29)26-17-5-2-1-4-15(16)17/h1-2,4-7,12-13H,3,8-11H2,(H,26,29). The fourth-order valence-electron chi connectivity index (χ4n) is 3.64. The molecule has 3 aromatic rings. The molecule has 0 unspecified atom stereocenters. The molecule has 1 fully saturated rings. The van der Waals surface area contributed by atoms with Gasteiger partial charge in [0, 0.05) is 49.3 Å². The van der Waals surface area contributed by atoms with Crippen LogP contribution in [0.15, 0.2) is 53.5 Å². The van der Waals surface area contributed by atoms with Crippen LogP contribution in [0.3, 0.4) is 0 Å². The highest BCUT2D eigenvalue weighted by atomic mass is 19.4. The number of aromatic nitrogens is 2. The number of hydrogen-bond donors (Lipinski definition) is 1. The summed E-state index contributed by atoms with van der Waals surface area (Å²) < 4.78 is 38.2. The average molecular weight is 416 g/mol. The van der Waals surface area contributed by atoms with Gasteiger partial charge in [-0.25, -0.2) is 4.98 Å². The van der Waals surface area contributed by atoms with Gasteiger partial charge >= 0.3 is 6.18 Å². The van der Waals surface area contributed by atoms with Gasteiger partial charge in [0.1, 0.15) is 5.82 Å². The Morgan fingerprint density at radius 3 is 2.57 bits per heavy atom. The minimum Gasteiger partial charge on any atom is -0.355 e. The summed E-state index contributed by atoms with van der Waals surface area (Å²) in [6.07, 6.45) is -2.97. The van der Waals surface area contributed by atoms with Crippen LogP contribution in [-0.2, 0) is 6.18 Å². The number of nitrogens with one attached hydrogen (secondary N) is 1. The van der Waals surface area contributed by atoms with Crippen LogP contribution in [0.2, 0.25) is 0 Å². The first-order chi connectivity index (χ1) is 14.3. The Morgan fingerprint density at radius 1 is 1.03 bits per heavy atom. The number of rotatable bonds is 2. The second-order valence-electron chi connectivity index (χ2n) is 7.13. The second-order valence-corrected chi connectivity index (χ2v) is 7.13. The number of fused-ring (bicyclic) bond motifs is 1. The van der Waals surface area contributed by atoms with Crippen molar-refractivity contribution < 1.29 is 18.0 Å². The number of para-hydroxylation sites is 1. The molecule has 1 amide bonds. The molecule has 1 aromatic carbocycles. The molecule has 4 rings (SSSR count). The van der Waals surface area contributed by atoms with Crippen LogP contribution in [0.25, 0.3) is 10.9 Å². The molecule has 2 aromatic heterocycles. The van der Waals surface area contributed by atoms with E-state index < -0.39 is 11.7 Å². The summed E-state index contributed by atoms with van der Waals surface area (Å²) in [5.41, 5.74) is -0.198. The van der Waals surface area contributed by atoms with Crippen molar-refractivity contribution in [2.24, 2.45) is 0 Å². The van der Waals surface area contributed by atoms with E-state index in [1.165, 1.54) is 12.1 Å². The summed E-state index contributed by atoms with van der Waals surface area (Å²) >= 11 is 0. The Bertz CT molecular complexity index is 1130. The van der Waals surface area contributed by atoms with E-state index >= 15 is 0 Å². The van der Waals surface area contributed by atoms with Gasteiger partial charge in [-0.15, -0.1) is 0 Å². The summed E-state index contributed by atoms with van der Waals surface area (Å²) in [5, 5.41) is 0.674. The number of nitrogens with zero attached hydrogens (tertiary/aromatic N) is 3. The first kappa shape index (κ1) is 19.9. The van der Waals surface area contributed by atoms with Gasteiger partial charge in [0.2, 0.25) is 5.56 Å². The number of amides is 1. The highest BCUT2D eigenvalue weighted by Crippen LogP contribution is 2.29. The molecule has 1 aliphatic heterocycles. The van der Waals surface area contributed by atoms with Gasteiger partial charge in [0.05, 0.1) is 11.1 Å². The molecule has 0 spiro atoms. The fraction of sp³-hybridized carbons (Fsp3) is 0.286. The van der Waals surface area contributed by atoms with Crippen molar-refractivity contribution in [1.82, 2.24) is 14.9 Å². The number of carbonyl (C=O) groups excluding carboxylic acids is 1. The lowest BCUT2D eigenvalue weighted by Gasteiger charge is -2.23. The smallest absolute Gasteiger partial charge is 0.355 e. The van der Waals surface area contributed by atoms with Crippen LogP contribution in [0, 0.1) is 0 Å². The van der Waals surface area contributed by atoms with E-state index in [1.54, 1.807) is 29.2 Å². The number of halogens is 3. The zero-order chi connectivity index (χ0) is 21.3. The molecule has 1 saturated heterocycles. The van der Waals surface area contributed by atoms with E-state index in [2.05, 4.69) is 9.97 Å². The largest absolute Gasteiger partial charge is 0.417 e. The quantitative estimate of drug-likeness (QED) is 0.696. The monoisotopic (exact) mass is 416 g/mol. The van der Waals surface area contributed by atoms with Crippen molar-refractivity contribution in [1.29, 1.82) is 0 Å². The van der Waals surface area contributed by atoms with Crippen molar-refractivity contribution in [3.63, 3.8) is 0 Å². The van der Waals surface area contributed by atoms with Crippen LogP contribution < -0.4 is 10.5 Å². The highest BCUT2D eigenvalue weighted by Gasteiger charge is 2.31. The van der Waals surface area contributed by atoms with E-state index in [4.69, 9.17) is 0 Å². The topological polar surface area (TPSA) is 69.3 Å². The van der Waals surface area contributed by atoms with Gasteiger partial charge in [-0.05, 0) is 24.6 Å². The molecule has 30 heavy (non-hydrogen) atoms. The molecule has 0 atom stereocenters. The molecule has 1 aliphatic rings. The maximum Gasteiger partial charge on any atom is 0.417 e. The molecule has 0 saturated carbocycles. The molecule has 156 valence electrons. The Kier molecular flexibility index (Phi) is 5.19. The van der Waals surface area contributed by atoms with E-state index in [-0.39, 0.29) is 11.5 Å². The summed E-state index contributed by atoms with van der Waals surface area (Å²) in [5.74, 6) is 0.207. The van der Waals surface area contributed by atoms with Gasteiger partial charge in [-0.2, -0.15) is 13.2 Å². The van der Waals surface area contributed by atoms with Crippen LogP contribution >= 0.6 is 0 Å². The van der Waals surface area contributed by atoms with Crippen molar-refractivity contribution in [2.45, 2.75) is 12.6 Å². The molecule has 6 nitrogen and oxygen atoms in total. The van der Waals surface area contributed by atoms with Gasteiger partial charge in [0.15, 0.2) is 0 Å². The molecule has 0 bridgehead atoms. The third-order valence-corrected chi connectivity index (χ3v) is 5.16. The Labute approximate surface area is 169 Å². The zero-order valence-electron chi connectivity index (χ0n) is 15.9. The normalized spacial score (nSPS) is 15.3. The number of carbonyl (C=O) groups is 1. The Hall–Kier alpha value is -3.36. The summed E-state index contributed by atoms with van der Waals surface area (Å²) in [6, 6.07) is 10.8. The average Bonchev–Trinajstić information content (AvgIpc) is 2.98. The van der Waals surface area contributed by atoms with Crippen molar-refractivity contribution in [2.75, 3.05) is 31.1 Å². The number of benzene rings is 1. The van der Waals surface area contributed by atoms with Crippen LogP contribution in [0.1, 0.15) is 22.3 Å². The van der Waals surface area contributed by atoms with Crippen molar-refractivity contribution in [3.8, 4) is 0 Å².